The van der Waals surface area contributed by atoms with Crippen LogP contribution in [0.2, 0.25) is 0 Å². The van der Waals surface area contributed by atoms with Crippen LogP contribution in [0.15, 0.2) is 54.1 Å². The standard InChI is InChI=1S/C17H20F3NO/c1-21-12-11-16(13-5-3-2-4-6-13)22-15-9-7-14(8-10-15)17(18,19)20/h2-9,15-16,21H,10-12H2,1H3. The first-order valence-electron chi connectivity index (χ1n) is 7.31. The van der Waals surface area contributed by atoms with Gasteiger partial charge in [0.05, 0.1) is 17.8 Å². The van der Waals surface area contributed by atoms with Crippen LogP contribution < -0.4 is 5.32 Å². The van der Waals surface area contributed by atoms with E-state index in [9.17, 15) is 13.2 Å². The van der Waals surface area contributed by atoms with Crippen molar-refractivity contribution in [1.82, 2.24) is 5.32 Å². The summed E-state index contributed by atoms with van der Waals surface area (Å²) >= 11 is 0. The Labute approximate surface area is 128 Å². The molecule has 1 N–H and O–H groups in total. The molecule has 2 atom stereocenters. The van der Waals surface area contributed by atoms with Gasteiger partial charge >= 0.3 is 6.18 Å². The van der Waals surface area contributed by atoms with Gasteiger partial charge in [-0.1, -0.05) is 48.6 Å². The third-order valence-electron chi connectivity index (χ3n) is 3.55. The van der Waals surface area contributed by atoms with E-state index in [1.54, 1.807) is 0 Å². The SMILES string of the molecule is CNCCC(OC1C=CC(C(F)(F)F)=CC1)c1ccccc1. The van der Waals surface area contributed by atoms with Crippen LogP contribution in [0.25, 0.3) is 0 Å². The van der Waals surface area contributed by atoms with Crippen LogP contribution in [0.3, 0.4) is 0 Å². The molecule has 2 unspecified atom stereocenters. The van der Waals surface area contributed by atoms with Crippen LogP contribution in [-0.2, 0) is 4.74 Å². The van der Waals surface area contributed by atoms with Gasteiger partial charge in [-0.15, -0.1) is 0 Å². The summed E-state index contributed by atoms with van der Waals surface area (Å²) in [6.45, 7) is 0.777. The summed E-state index contributed by atoms with van der Waals surface area (Å²) in [5.74, 6) is 0. The molecule has 1 aromatic rings. The van der Waals surface area contributed by atoms with Crippen molar-refractivity contribution < 1.29 is 17.9 Å². The number of rotatable bonds is 6. The maximum absolute atomic E-state index is 12.6. The molecule has 1 aliphatic carbocycles. The van der Waals surface area contributed by atoms with Crippen molar-refractivity contribution in [3.05, 3.63) is 59.7 Å². The van der Waals surface area contributed by atoms with Gasteiger partial charge in [-0.25, -0.2) is 0 Å². The van der Waals surface area contributed by atoms with Crippen molar-refractivity contribution in [2.45, 2.75) is 31.2 Å². The lowest BCUT2D eigenvalue weighted by Gasteiger charge is -2.25. The molecule has 0 saturated heterocycles. The number of allylic oxidation sites excluding steroid dienone is 2. The van der Waals surface area contributed by atoms with Gasteiger partial charge in [0.2, 0.25) is 0 Å². The Hall–Kier alpha value is -1.59. The molecule has 0 aliphatic heterocycles. The fourth-order valence-corrected chi connectivity index (χ4v) is 2.38. The lowest BCUT2D eigenvalue weighted by molar-refractivity contribution is -0.0893. The molecule has 120 valence electrons. The molecule has 1 aliphatic rings. The number of alkyl halides is 3. The summed E-state index contributed by atoms with van der Waals surface area (Å²) in [5.41, 5.74) is 0.440. The molecular weight excluding hydrogens is 291 g/mol. The fourth-order valence-electron chi connectivity index (χ4n) is 2.38. The monoisotopic (exact) mass is 311 g/mol. The molecule has 0 saturated carbocycles. The second-order valence-electron chi connectivity index (χ2n) is 5.22. The lowest BCUT2D eigenvalue weighted by Crippen LogP contribution is -2.21. The molecular formula is C17H20F3NO. The lowest BCUT2D eigenvalue weighted by atomic mass is 10.0. The highest BCUT2D eigenvalue weighted by Crippen LogP contribution is 2.31. The van der Waals surface area contributed by atoms with Crippen LogP contribution in [0.1, 0.15) is 24.5 Å². The van der Waals surface area contributed by atoms with Crippen LogP contribution in [0, 0.1) is 0 Å². The quantitative estimate of drug-likeness (QED) is 0.851. The van der Waals surface area contributed by atoms with E-state index in [4.69, 9.17) is 4.74 Å². The fraction of sp³-hybridized carbons (Fsp3) is 0.412. The van der Waals surface area contributed by atoms with Gasteiger partial charge < -0.3 is 10.1 Å². The predicted octanol–water partition coefficient (Wildman–Crippen LogP) is 4.17. The number of hydrogen-bond acceptors (Lipinski definition) is 2. The van der Waals surface area contributed by atoms with E-state index in [0.717, 1.165) is 24.6 Å². The van der Waals surface area contributed by atoms with Gasteiger partial charge in [-0.2, -0.15) is 13.2 Å². The van der Waals surface area contributed by atoms with E-state index in [1.165, 1.54) is 12.2 Å². The first-order chi connectivity index (χ1) is 10.5. The predicted molar refractivity (Wildman–Crippen MR) is 80.5 cm³/mol. The van der Waals surface area contributed by atoms with Crippen LogP contribution in [0.5, 0.6) is 0 Å². The van der Waals surface area contributed by atoms with Gasteiger partial charge in [0.25, 0.3) is 0 Å². The average Bonchev–Trinajstić information content (AvgIpc) is 2.52. The van der Waals surface area contributed by atoms with Gasteiger partial charge in [0, 0.05) is 0 Å². The highest BCUT2D eigenvalue weighted by molar-refractivity contribution is 5.28. The van der Waals surface area contributed by atoms with Crippen LogP contribution >= 0.6 is 0 Å². The molecule has 0 fully saturated rings. The first kappa shape index (κ1) is 16.8. The van der Waals surface area contributed by atoms with Gasteiger partial charge in [-0.3, -0.25) is 0 Å². The highest BCUT2D eigenvalue weighted by Gasteiger charge is 2.33. The summed E-state index contributed by atoms with van der Waals surface area (Å²) in [6.07, 6.45) is 0.0655. The molecule has 0 aromatic heterocycles. The third kappa shape index (κ3) is 4.71. The molecule has 5 heteroatoms. The van der Waals surface area contributed by atoms with Gasteiger partial charge in [0.15, 0.2) is 0 Å². The van der Waals surface area contributed by atoms with E-state index >= 15 is 0 Å². The minimum absolute atomic E-state index is 0.135. The largest absolute Gasteiger partial charge is 0.416 e. The Morgan fingerprint density at radius 1 is 1.27 bits per heavy atom. The molecule has 22 heavy (non-hydrogen) atoms. The van der Waals surface area contributed by atoms with Gasteiger partial charge in [-0.05, 0) is 32.0 Å². The van der Waals surface area contributed by atoms with Gasteiger partial charge in [0.1, 0.15) is 0 Å². The van der Waals surface area contributed by atoms with E-state index < -0.39 is 11.7 Å². The Morgan fingerprint density at radius 2 is 2.00 bits per heavy atom. The van der Waals surface area contributed by atoms with E-state index in [1.807, 2.05) is 37.4 Å². The van der Waals surface area contributed by atoms with E-state index in [-0.39, 0.29) is 18.6 Å². The molecule has 2 nitrogen and oxygen atoms in total. The van der Waals surface area contributed by atoms with Crippen molar-refractivity contribution >= 4 is 0 Å². The summed E-state index contributed by atoms with van der Waals surface area (Å²) < 4.78 is 43.8. The maximum atomic E-state index is 12.6. The third-order valence-corrected chi connectivity index (χ3v) is 3.55. The molecule has 0 bridgehead atoms. The second-order valence-corrected chi connectivity index (χ2v) is 5.22. The minimum atomic E-state index is -4.29. The molecule has 2 rings (SSSR count). The summed E-state index contributed by atoms with van der Waals surface area (Å²) in [7, 11) is 1.86. The Balaban J connectivity index is 2.01. The zero-order valence-corrected chi connectivity index (χ0v) is 12.4. The van der Waals surface area contributed by atoms with Crippen LogP contribution in [0.4, 0.5) is 13.2 Å². The maximum Gasteiger partial charge on any atom is 0.416 e. The Morgan fingerprint density at radius 3 is 2.55 bits per heavy atom. The van der Waals surface area contributed by atoms with Crippen molar-refractivity contribution in [2.75, 3.05) is 13.6 Å². The van der Waals surface area contributed by atoms with Crippen LogP contribution in [-0.4, -0.2) is 25.9 Å². The van der Waals surface area contributed by atoms with Crippen molar-refractivity contribution in [3.8, 4) is 0 Å². The number of benzene rings is 1. The molecule has 1 aromatic carbocycles. The number of ether oxygens (including phenoxy) is 1. The van der Waals surface area contributed by atoms with E-state index in [2.05, 4.69) is 5.32 Å². The summed E-state index contributed by atoms with van der Waals surface area (Å²) in [5, 5.41) is 3.07. The van der Waals surface area contributed by atoms with E-state index in [0.29, 0.717) is 0 Å². The zero-order chi connectivity index (χ0) is 16.0. The Bertz CT molecular complexity index is 522. The molecule has 0 radical (unpaired) electrons. The topological polar surface area (TPSA) is 21.3 Å². The molecule has 0 spiro atoms. The molecule has 0 amide bonds. The summed E-state index contributed by atoms with van der Waals surface area (Å²) in [4.78, 5) is 0. The first-order valence-corrected chi connectivity index (χ1v) is 7.31. The Kier molecular flexibility index (Phi) is 5.80. The summed E-state index contributed by atoms with van der Waals surface area (Å²) in [6, 6.07) is 9.75. The van der Waals surface area contributed by atoms with Crippen molar-refractivity contribution in [1.29, 1.82) is 0 Å². The normalized spacial score (nSPS) is 19.8. The second kappa shape index (κ2) is 7.61. The highest BCUT2D eigenvalue weighted by atomic mass is 19.4. The van der Waals surface area contributed by atoms with Crippen molar-refractivity contribution in [3.63, 3.8) is 0 Å². The average molecular weight is 311 g/mol. The van der Waals surface area contributed by atoms with Crippen molar-refractivity contribution in [2.24, 2.45) is 0 Å². The number of nitrogens with one attached hydrogen (secondary N) is 1. The number of halogens is 3. The number of hydrogen-bond donors (Lipinski definition) is 1. The zero-order valence-electron chi connectivity index (χ0n) is 12.4. The minimum Gasteiger partial charge on any atom is -0.366 e. The molecule has 0 heterocycles. The smallest absolute Gasteiger partial charge is 0.366 e.